The molecule has 0 aromatic heterocycles. The van der Waals surface area contributed by atoms with Crippen LogP contribution >= 0.6 is 0 Å². The van der Waals surface area contributed by atoms with Gasteiger partial charge in [-0.1, -0.05) is 72.8 Å². The molecule has 0 N–H and O–H groups in total. The van der Waals surface area contributed by atoms with Gasteiger partial charge >= 0.3 is 11.9 Å². The standard InChI is InChI=1S/C32H28N2O4/c33-21-29(27-15-7-13-25(19-27)23-9-3-1-4-10-23)31(35)37-17-18-38-32(36)30(22-34)28-16-8-14-26(20-28)24-11-5-2-6-12-24/h1-6,9-12,19-20H,7-8,13-18H2/b29-27+,30-28+. The molecular weight excluding hydrogens is 476 g/mol. The van der Waals surface area contributed by atoms with Crippen molar-refractivity contribution in [3.8, 4) is 12.1 Å². The molecule has 0 unspecified atom stereocenters. The number of carbonyl (C=O) groups is 2. The van der Waals surface area contributed by atoms with E-state index < -0.39 is 11.9 Å². The highest BCUT2D eigenvalue weighted by Gasteiger charge is 2.21. The number of allylic oxidation sites excluding steroid dienone is 6. The molecule has 38 heavy (non-hydrogen) atoms. The Kier molecular flexibility index (Phi) is 9.05. The van der Waals surface area contributed by atoms with Crippen molar-refractivity contribution in [3.05, 3.63) is 106 Å². The van der Waals surface area contributed by atoms with E-state index in [-0.39, 0.29) is 24.4 Å². The van der Waals surface area contributed by atoms with Gasteiger partial charge in [-0.05, 0) is 71.9 Å². The molecule has 2 aromatic carbocycles. The molecule has 0 saturated heterocycles. The Hall–Kier alpha value is -4.68. The van der Waals surface area contributed by atoms with E-state index in [9.17, 15) is 20.1 Å². The fraction of sp³-hybridized carbons (Fsp3) is 0.250. The topological polar surface area (TPSA) is 100 Å². The van der Waals surface area contributed by atoms with E-state index in [0.717, 1.165) is 48.0 Å². The summed E-state index contributed by atoms with van der Waals surface area (Å²) in [6.07, 6.45) is 8.42. The Morgan fingerprint density at radius 3 is 1.39 bits per heavy atom. The number of ether oxygens (including phenoxy) is 2. The fourth-order valence-corrected chi connectivity index (χ4v) is 4.71. The Morgan fingerprint density at radius 1 is 0.632 bits per heavy atom. The molecule has 6 heteroatoms. The molecule has 0 heterocycles. The van der Waals surface area contributed by atoms with E-state index >= 15 is 0 Å². The Labute approximate surface area is 222 Å². The van der Waals surface area contributed by atoms with Crippen LogP contribution in [0, 0.1) is 22.7 Å². The maximum Gasteiger partial charge on any atom is 0.349 e. The van der Waals surface area contributed by atoms with Gasteiger partial charge in [0, 0.05) is 0 Å². The predicted octanol–water partition coefficient (Wildman–Crippen LogP) is 6.25. The van der Waals surface area contributed by atoms with Crippen LogP contribution in [0.15, 0.2) is 95.1 Å². The fourth-order valence-electron chi connectivity index (χ4n) is 4.71. The van der Waals surface area contributed by atoms with E-state index in [1.807, 2.05) is 85.0 Å². The molecular formula is C32H28N2O4. The normalized spacial score (nSPS) is 17.6. The van der Waals surface area contributed by atoms with Crippen LogP contribution in [0.2, 0.25) is 0 Å². The van der Waals surface area contributed by atoms with Crippen LogP contribution in [0.25, 0.3) is 11.1 Å². The van der Waals surface area contributed by atoms with Crippen molar-refractivity contribution in [1.29, 1.82) is 10.5 Å². The maximum atomic E-state index is 12.6. The molecule has 0 bridgehead atoms. The Morgan fingerprint density at radius 2 is 1.03 bits per heavy atom. The highest BCUT2D eigenvalue weighted by molar-refractivity contribution is 5.96. The number of nitrogens with zero attached hydrogens (tertiary/aromatic N) is 2. The third kappa shape index (κ3) is 6.55. The zero-order valence-electron chi connectivity index (χ0n) is 21.1. The summed E-state index contributed by atoms with van der Waals surface area (Å²) in [6.45, 7) is -0.422. The first-order chi connectivity index (χ1) is 18.6. The van der Waals surface area contributed by atoms with Gasteiger partial charge in [0.2, 0.25) is 0 Å². The van der Waals surface area contributed by atoms with Crippen LogP contribution in [-0.2, 0) is 19.1 Å². The molecule has 0 fully saturated rings. The van der Waals surface area contributed by atoms with Crippen molar-refractivity contribution in [1.82, 2.24) is 0 Å². The largest absolute Gasteiger partial charge is 0.458 e. The van der Waals surface area contributed by atoms with Crippen LogP contribution in [0.4, 0.5) is 0 Å². The van der Waals surface area contributed by atoms with Crippen molar-refractivity contribution >= 4 is 23.1 Å². The molecule has 190 valence electrons. The molecule has 2 aliphatic rings. The summed E-state index contributed by atoms with van der Waals surface area (Å²) < 4.78 is 10.5. The lowest BCUT2D eigenvalue weighted by Crippen LogP contribution is -2.17. The van der Waals surface area contributed by atoms with E-state index in [1.165, 1.54) is 0 Å². The highest BCUT2D eigenvalue weighted by atomic mass is 16.6. The molecule has 2 aliphatic carbocycles. The second-order valence-corrected chi connectivity index (χ2v) is 9.07. The van der Waals surface area contributed by atoms with Gasteiger partial charge in [0.15, 0.2) is 0 Å². The summed E-state index contributed by atoms with van der Waals surface area (Å²) in [7, 11) is 0. The zero-order valence-corrected chi connectivity index (χ0v) is 21.1. The summed E-state index contributed by atoms with van der Waals surface area (Å²) in [6, 6.07) is 23.7. The van der Waals surface area contributed by atoms with Gasteiger partial charge in [0.25, 0.3) is 0 Å². The van der Waals surface area contributed by atoms with Crippen molar-refractivity contribution in [2.24, 2.45) is 0 Å². The van der Waals surface area contributed by atoms with Gasteiger partial charge < -0.3 is 9.47 Å². The number of nitriles is 2. The number of carbonyl (C=O) groups excluding carboxylic acids is 2. The summed E-state index contributed by atoms with van der Waals surface area (Å²) in [4.78, 5) is 25.3. The van der Waals surface area contributed by atoms with Gasteiger partial charge in [0.1, 0.15) is 36.5 Å². The van der Waals surface area contributed by atoms with Crippen LogP contribution < -0.4 is 0 Å². The monoisotopic (exact) mass is 504 g/mol. The minimum atomic E-state index is -0.745. The third-order valence-electron chi connectivity index (χ3n) is 6.59. The molecule has 0 aliphatic heterocycles. The number of hydrogen-bond donors (Lipinski definition) is 0. The number of esters is 2. The summed E-state index contributed by atoms with van der Waals surface area (Å²) in [5, 5.41) is 19.3. The molecule has 2 aromatic rings. The molecule has 0 spiro atoms. The average molecular weight is 505 g/mol. The van der Waals surface area contributed by atoms with E-state index in [1.54, 1.807) is 0 Å². The second kappa shape index (κ2) is 13.0. The Balaban J connectivity index is 1.37. The SMILES string of the molecule is N#C/C(C(=O)OCCOC(=O)/C(C#N)=C1/C=C(c2ccccc2)CCC1)=C1\C=C(c2ccccc2)CCC1. The first kappa shape index (κ1) is 26.4. The average Bonchev–Trinajstić information content (AvgIpc) is 2.97. The lowest BCUT2D eigenvalue weighted by molar-refractivity contribution is -0.146. The quantitative estimate of drug-likeness (QED) is 0.191. The van der Waals surface area contributed by atoms with Gasteiger partial charge in [0.05, 0.1) is 0 Å². The summed E-state index contributed by atoms with van der Waals surface area (Å²) in [5.41, 5.74) is 5.50. The first-order valence-electron chi connectivity index (χ1n) is 12.7. The minimum Gasteiger partial charge on any atom is -0.458 e. The van der Waals surface area contributed by atoms with E-state index in [4.69, 9.17) is 9.47 Å². The molecule has 0 atom stereocenters. The summed E-state index contributed by atoms with van der Waals surface area (Å²) >= 11 is 0. The first-order valence-corrected chi connectivity index (χ1v) is 12.7. The van der Waals surface area contributed by atoms with Crippen LogP contribution in [0.3, 0.4) is 0 Å². The number of benzene rings is 2. The molecule has 0 saturated carbocycles. The molecule has 4 rings (SSSR count). The predicted molar refractivity (Wildman–Crippen MR) is 144 cm³/mol. The minimum absolute atomic E-state index is 0.0370. The van der Waals surface area contributed by atoms with Crippen LogP contribution in [0.1, 0.15) is 49.7 Å². The third-order valence-corrected chi connectivity index (χ3v) is 6.59. The lowest BCUT2D eigenvalue weighted by atomic mass is 9.88. The van der Waals surface area contributed by atoms with Crippen molar-refractivity contribution in [3.63, 3.8) is 0 Å². The van der Waals surface area contributed by atoms with Crippen molar-refractivity contribution < 1.29 is 19.1 Å². The number of hydrogen-bond acceptors (Lipinski definition) is 6. The number of rotatable bonds is 7. The van der Waals surface area contributed by atoms with Gasteiger partial charge in [-0.3, -0.25) is 0 Å². The summed E-state index contributed by atoms with van der Waals surface area (Å²) in [5.74, 6) is -1.49. The van der Waals surface area contributed by atoms with Gasteiger partial charge in [-0.2, -0.15) is 10.5 Å². The maximum absolute atomic E-state index is 12.6. The van der Waals surface area contributed by atoms with Crippen LogP contribution in [-0.4, -0.2) is 25.2 Å². The Bertz CT molecular complexity index is 1290. The lowest BCUT2D eigenvalue weighted by Gasteiger charge is -2.17. The van der Waals surface area contributed by atoms with E-state index in [2.05, 4.69) is 0 Å². The zero-order chi connectivity index (χ0) is 26.7. The molecule has 0 amide bonds. The van der Waals surface area contributed by atoms with Gasteiger partial charge in [-0.25, -0.2) is 9.59 Å². The van der Waals surface area contributed by atoms with Crippen LogP contribution in [0.5, 0.6) is 0 Å². The second-order valence-electron chi connectivity index (χ2n) is 9.07. The van der Waals surface area contributed by atoms with Crippen molar-refractivity contribution in [2.75, 3.05) is 13.2 Å². The van der Waals surface area contributed by atoms with Crippen molar-refractivity contribution in [2.45, 2.75) is 38.5 Å². The smallest absolute Gasteiger partial charge is 0.349 e. The van der Waals surface area contributed by atoms with Gasteiger partial charge in [-0.15, -0.1) is 0 Å². The molecule has 6 nitrogen and oxygen atoms in total. The highest BCUT2D eigenvalue weighted by Crippen LogP contribution is 2.32. The van der Waals surface area contributed by atoms with E-state index in [0.29, 0.717) is 24.0 Å². The molecule has 0 radical (unpaired) electrons.